The van der Waals surface area contributed by atoms with E-state index >= 15 is 0 Å². The van der Waals surface area contributed by atoms with Gasteiger partial charge < -0.3 is 4.90 Å². The predicted molar refractivity (Wildman–Crippen MR) is 102 cm³/mol. The zero-order valence-electron chi connectivity index (χ0n) is 15.8. The molecule has 1 aromatic rings. The zero-order valence-corrected chi connectivity index (χ0v) is 16.6. The number of hydrogen-bond acceptors (Lipinski definition) is 3. The summed E-state index contributed by atoms with van der Waals surface area (Å²) in [6, 6.07) is 7.98. The Kier molecular flexibility index (Phi) is 5.86. The second-order valence-electron chi connectivity index (χ2n) is 8.08. The molecule has 4 nitrogen and oxygen atoms in total. The van der Waals surface area contributed by atoms with Crippen LogP contribution in [-0.2, 0) is 10.0 Å². The first-order chi connectivity index (χ1) is 11.9. The highest BCUT2D eigenvalue weighted by Crippen LogP contribution is 2.27. The Labute approximate surface area is 153 Å². The molecule has 0 saturated carbocycles. The van der Waals surface area contributed by atoms with Gasteiger partial charge in [-0.1, -0.05) is 32.9 Å². The number of hydrogen-bond donors (Lipinski definition) is 0. The van der Waals surface area contributed by atoms with Gasteiger partial charge in [0.05, 0.1) is 4.90 Å². The van der Waals surface area contributed by atoms with E-state index < -0.39 is 10.0 Å². The van der Waals surface area contributed by atoms with Gasteiger partial charge in [-0.3, -0.25) is 0 Å². The Bertz CT molecular complexity index is 653. The van der Waals surface area contributed by atoms with E-state index in [-0.39, 0.29) is 0 Å². The van der Waals surface area contributed by atoms with Crippen molar-refractivity contribution in [3.63, 3.8) is 0 Å². The molecule has 140 valence electrons. The van der Waals surface area contributed by atoms with Crippen molar-refractivity contribution in [2.75, 3.05) is 26.2 Å². The molecule has 25 heavy (non-hydrogen) atoms. The van der Waals surface area contributed by atoms with Gasteiger partial charge in [-0.25, -0.2) is 8.42 Å². The third kappa shape index (κ3) is 4.26. The lowest BCUT2D eigenvalue weighted by Gasteiger charge is -2.41. The van der Waals surface area contributed by atoms with Crippen molar-refractivity contribution in [3.8, 4) is 0 Å². The van der Waals surface area contributed by atoms with Gasteiger partial charge in [-0.2, -0.15) is 4.31 Å². The standard InChI is InChI=1S/C20H32N2O2S/c1-16(2)18-4-6-20(7-5-18)25(23,24)22-14-10-19(11-15-22)21-12-8-17(3)9-13-21/h4-7,16-17,19H,8-15H2,1-3H3. The summed E-state index contributed by atoms with van der Waals surface area (Å²) in [5.41, 5.74) is 1.18. The highest BCUT2D eigenvalue weighted by atomic mass is 32.2. The molecule has 0 unspecified atom stereocenters. The van der Waals surface area contributed by atoms with Gasteiger partial charge in [-0.05, 0) is 68.3 Å². The monoisotopic (exact) mass is 364 g/mol. The summed E-state index contributed by atoms with van der Waals surface area (Å²) in [4.78, 5) is 3.02. The highest BCUT2D eigenvalue weighted by Gasteiger charge is 2.32. The van der Waals surface area contributed by atoms with E-state index in [0.29, 0.717) is 29.9 Å². The number of nitrogens with zero attached hydrogens (tertiary/aromatic N) is 2. The summed E-state index contributed by atoms with van der Waals surface area (Å²) in [6.45, 7) is 10.2. The van der Waals surface area contributed by atoms with Crippen LogP contribution in [0.1, 0.15) is 57.9 Å². The third-order valence-corrected chi connectivity index (χ3v) is 7.86. The average Bonchev–Trinajstić information content (AvgIpc) is 2.62. The van der Waals surface area contributed by atoms with Crippen molar-refractivity contribution in [3.05, 3.63) is 29.8 Å². The third-order valence-electron chi connectivity index (χ3n) is 5.94. The molecule has 0 amide bonds. The minimum atomic E-state index is -3.35. The molecule has 2 heterocycles. The lowest BCUT2D eigenvalue weighted by Crippen LogP contribution is -2.48. The maximum Gasteiger partial charge on any atom is 0.243 e. The molecule has 2 saturated heterocycles. The molecule has 2 fully saturated rings. The molecule has 3 rings (SSSR count). The molecular formula is C20H32N2O2S. The Morgan fingerprint density at radius 3 is 2.00 bits per heavy atom. The van der Waals surface area contributed by atoms with Crippen molar-refractivity contribution in [1.29, 1.82) is 0 Å². The lowest BCUT2D eigenvalue weighted by molar-refractivity contribution is 0.101. The van der Waals surface area contributed by atoms with E-state index in [2.05, 4.69) is 25.7 Å². The van der Waals surface area contributed by atoms with Crippen LogP contribution in [0.25, 0.3) is 0 Å². The number of benzene rings is 1. The molecular weight excluding hydrogens is 332 g/mol. The molecule has 1 aromatic carbocycles. The SMILES string of the molecule is CC1CCN(C2CCN(S(=O)(=O)c3ccc(C(C)C)cc3)CC2)CC1. The van der Waals surface area contributed by atoms with Gasteiger partial charge in [-0.15, -0.1) is 0 Å². The smallest absolute Gasteiger partial charge is 0.243 e. The first-order valence-electron chi connectivity index (χ1n) is 9.72. The highest BCUT2D eigenvalue weighted by molar-refractivity contribution is 7.89. The van der Waals surface area contributed by atoms with E-state index in [1.54, 1.807) is 16.4 Å². The molecule has 0 N–H and O–H groups in total. The first kappa shape index (κ1) is 18.9. The average molecular weight is 365 g/mol. The molecule has 2 aliphatic rings. The van der Waals surface area contributed by atoms with Crippen LogP contribution >= 0.6 is 0 Å². The summed E-state index contributed by atoms with van der Waals surface area (Å²) in [7, 11) is -3.35. The minimum absolute atomic E-state index is 0.416. The molecule has 0 bridgehead atoms. The topological polar surface area (TPSA) is 40.6 Å². The van der Waals surface area contributed by atoms with Crippen LogP contribution in [0.5, 0.6) is 0 Å². The van der Waals surface area contributed by atoms with Crippen LogP contribution in [-0.4, -0.2) is 49.8 Å². The van der Waals surface area contributed by atoms with Crippen LogP contribution in [0, 0.1) is 5.92 Å². The summed E-state index contributed by atoms with van der Waals surface area (Å²) < 4.78 is 27.5. The summed E-state index contributed by atoms with van der Waals surface area (Å²) in [5, 5.41) is 0. The number of rotatable bonds is 4. The molecule has 0 atom stereocenters. The second-order valence-corrected chi connectivity index (χ2v) is 10.0. The summed E-state index contributed by atoms with van der Waals surface area (Å²) in [6.07, 6.45) is 4.47. The van der Waals surface area contributed by atoms with Crippen LogP contribution in [0.2, 0.25) is 0 Å². The van der Waals surface area contributed by atoms with Crippen LogP contribution in [0.4, 0.5) is 0 Å². The Morgan fingerprint density at radius 2 is 1.48 bits per heavy atom. The predicted octanol–water partition coefficient (Wildman–Crippen LogP) is 3.70. The zero-order chi connectivity index (χ0) is 18.0. The summed E-state index contributed by atoms with van der Waals surface area (Å²) in [5.74, 6) is 1.25. The molecule has 0 aromatic heterocycles. The molecule has 0 aliphatic carbocycles. The van der Waals surface area contributed by atoms with E-state index in [4.69, 9.17) is 0 Å². The molecule has 5 heteroatoms. The molecule has 0 spiro atoms. The number of sulfonamides is 1. The number of likely N-dealkylation sites (tertiary alicyclic amines) is 1. The van der Waals surface area contributed by atoms with E-state index in [0.717, 1.165) is 18.8 Å². The van der Waals surface area contributed by atoms with E-state index in [1.165, 1.54) is 31.5 Å². The number of piperidine rings is 2. The van der Waals surface area contributed by atoms with Crippen molar-refractivity contribution in [2.45, 2.75) is 63.3 Å². The van der Waals surface area contributed by atoms with Crippen molar-refractivity contribution >= 4 is 10.0 Å². The minimum Gasteiger partial charge on any atom is -0.300 e. The fourth-order valence-corrected chi connectivity index (χ4v) is 5.48. The van der Waals surface area contributed by atoms with Crippen LogP contribution in [0.3, 0.4) is 0 Å². The Balaban J connectivity index is 1.61. The van der Waals surface area contributed by atoms with Gasteiger partial charge in [0.25, 0.3) is 0 Å². The fraction of sp³-hybridized carbons (Fsp3) is 0.700. The van der Waals surface area contributed by atoms with Gasteiger partial charge >= 0.3 is 0 Å². The van der Waals surface area contributed by atoms with E-state index in [1.807, 2.05) is 12.1 Å². The van der Waals surface area contributed by atoms with Gasteiger partial charge in [0.2, 0.25) is 10.0 Å². The van der Waals surface area contributed by atoms with Crippen LogP contribution < -0.4 is 0 Å². The van der Waals surface area contributed by atoms with E-state index in [9.17, 15) is 8.42 Å². The second kappa shape index (κ2) is 7.77. The van der Waals surface area contributed by atoms with Crippen molar-refractivity contribution < 1.29 is 8.42 Å². The fourth-order valence-electron chi connectivity index (χ4n) is 4.02. The lowest BCUT2D eigenvalue weighted by atomic mass is 9.95. The van der Waals surface area contributed by atoms with Crippen LogP contribution in [0.15, 0.2) is 29.2 Å². The Morgan fingerprint density at radius 1 is 0.920 bits per heavy atom. The van der Waals surface area contributed by atoms with Crippen molar-refractivity contribution in [1.82, 2.24) is 9.21 Å². The maximum absolute atomic E-state index is 12.9. The largest absolute Gasteiger partial charge is 0.300 e. The Hall–Kier alpha value is -0.910. The summed E-state index contributed by atoms with van der Waals surface area (Å²) >= 11 is 0. The maximum atomic E-state index is 12.9. The quantitative estimate of drug-likeness (QED) is 0.818. The molecule has 0 radical (unpaired) electrons. The normalized spacial score (nSPS) is 22.6. The van der Waals surface area contributed by atoms with Gasteiger partial charge in [0.1, 0.15) is 0 Å². The molecule has 2 aliphatic heterocycles. The van der Waals surface area contributed by atoms with Gasteiger partial charge in [0.15, 0.2) is 0 Å². The van der Waals surface area contributed by atoms with Crippen molar-refractivity contribution in [2.24, 2.45) is 5.92 Å². The first-order valence-corrected chi connectivity index (χ1v) is 11.2. The van der Waals surface area contributed by atoms with Gasteiger partial charge in [0, 0.05) is 19.1 Å².